The van der Waals surface area contributed by atoms with E-state index < -0.39 is 5.54 Å². The maximum atomic E-state index is 12.6. The Morgan fingerprint density at radius 2 is 1.43 bits per heavy atom. The molecule has 0 radical (unpaired) electrons. The quantitative estimate of drug-likeness (QED) is 0.800. The highest BCUT2D eigenvalue weighted by Crippen LogP contribution is 2.28. The number of hydrogen-bond acceptors (Lipinski definition) is 2. The van der Waals surface area contributed by atoms with Gasteiger partial charge >= 0.3 is 0 Å². The number of carbonyl (C=O) groups excluding carboxylic acids is 2. The molecule has 1 atom stereocenters. The number of Topliss-reactive ketones (excluding diaryl/α,β-unsaturated/α-hetero) is 1. The summed E-state index contributed by atoms with van der Waals surface area (Å²) in [7, 11) is 0. The maximum Gasteiger partial charge on any atom is 0.217 e. The van der Waals surface area contributed by atoms with E-state index in [1.54, 1.807) is 36.4 Å². The highest BCUT2D eigenvalue weighted by molar-refractivity contribution is 6.30. The Morgan fingerprint density at radius 3 is 1.91 bits per heavy atom. The molecule has 0 aliphatic heterocycles. The van der Waals surface area contributed by atoms with Gasteiger partial charge in [-0.1, -0.05) is 35.3 Å². The van der Waals surface area contributed by atoms with Crippen LogP contribution in [0.3, 0.4) is 0 Å². The SMILES string of the molecule is CC(=O)NC(C)(CC(=O)c1ccc(Cl)cc1)c1ccc(Cl)cc1. The third-order valence-corrected chi connectivity index (χ3v) is 4.12. The van der Waals surface area contributed by atoms with Crippen molar-refractivity contribution in [2.75, 3.05) is 0 Å². The highest BCUT2D eigenvalue weighted by atomic mass is 35.5. The standard InChI is InChI=1S/C18H17Cl2NO2/c1-12(22)21-18(2,14-5-9-16(20)10-6-14)11-17(23)13-3-7-15(19)8-4-13/h3-10H,11H2,1-2H3,(H,21,22). The van der Waals surface area contributed by atoms with Crippen LogP contribution in [0, 0.1) is 0 Å². The summed E-state index contributed by atoms with van der Waals surface area (Å²) < 4.78 is 0. The number of amides is 1. The summed E-state index contributed by atoms with van der Waals surface area (Å²) >= 11 is 11.8. The van der Waals surface area contributed by atoms with E-state index in [0.29, 0.717) is 15.6 Å². The van der Waals surface area contributed by atoms with Gasteiger partial charge in [-0.3, -0.25) is 9.59 Å². The van der Waals surface area contributed by atoms with E-state index in [9.17, 15) is 9.59 Å². The second kappa shape index (κ2) is 7.16. The van der Waals surface area contributed by atoms with Crippen molar-refractivity contribution in [3.63, 3.8) is 0 Å². The molecule has 0 saturated carbocycles. The van der Waals surface area contributed by atoms with Crippen molar-refractivity contribution in [1.82, 2.24) is 5.32 Å². The van der Waals surface area contributed by atoms with Gasteiger partial charge in [-0.25, -0.2) is 0 Å². The molecule has 0 heterocycles. The molecular formula is C18H17Cl2NO2. The third-order valence-electron chi connectivity index (χ3n) is 3.61. The fourth-order valence-corrected chi connectivity index (χ4v) is 2.74. The van der Waals surface area contributed by atoms with Crippen LogP contribution in [0.2, 0.25) is 10.0 Å². The van der Waals surface area contributed by atoms with Crippen LogP contribution in [-0.4, -0.2) is 11.7 Å². The number of ketones is 1. The van der Waals surface area contributed by atoms with Crippen LogP contribution >= 0.6 is 23.2 Å². The molecule has 3 nitrogen and oxygen atoms in total. The Morgan fingerprint density at radius 1 is 0.957 bits per heavy atom. The van der Waals surface area contributed by atoms with Gasteiger partial charge in [-0.15, -0.1) is 0 Å². The van der Waals surface area contributed by atoms with Crippen molar-refractivity contribution in [1.29, 1.82) is 0 Å². The lowest BCUT2D eigenvalue weighted by Crippen LogP contribution is -2.44. The van der Waals surface area contributed by atoms with Crippen LogP contribution in [0.4, 0.5) is 0 Å². The van der Waals surface area contributed by atoms with Crippen molar-refractivity contribution in [2.45, 2.75) is 25.8 Å². The Balaban J connectivity index is 2.31. The van der Waals surface area contributed by atoms with E-state index >= 15 is 0 Å². The average molecular weight is 350 g/mol. The molecular weight excluding hydrogens is 333 g/mol. The second-order valence-corrected chi connectivity index (χ2v) is 6.50. The van der Waals surface area contributed by atoms with Crippen LogP contribution in [0.25, 0.3) is 0 Å². The zero-order valence-corrected chi connectivity index (χ0v) is 14.4. The van der Waals surface area contributed by atoms with Gasteiger partial charge in [0.05, 0.1) is 5.54 Å². The van der Waals surface area contributed by atoms with E-state index in [-0.39, 0.29) is 18.1 Å². The molecule has 1 N–H and O–H groups in total. The number of hydrogen-bond donors (Lipinski definition) is 1. The summed E-state index contributed by atoms with van der Waals surface area (Å²) in [5, 5.41) is 4.05. The minimum Gasteiger partial charge on any atom is -0.347 e. The Bertz CT molecular complexity index is 711. The molecule has 0 bridgehead atoms. The summed E-state index contributed by atoms with van der Waals surface area (Å²) in [6, 6.07) is 13.8. The van der Waals surface area contributed by atoms with E-state index in [2.05, 4.69) is 5.32 Å². The first kappa shape index (κ1) is 17.5. The second-order valence-electron chi connectivity index (χ2n) is 5.63. The largest absolute Gasteiger partial charge is 0.347 e. The fourth-order valence-electron chi connectivity index (χ4n) is 2.48. The molecule has 2 aromatic rings. The lowest BCUT2D eigenvalue weighted by atomic mass is 9.85. The summed E-state index contributed by atoms with van der Waals surface area (Å²) in [5.74, 6) is -0.278. The number of carbonyl (C=O) groups is 2. The molecule has 0 aliphatic carbocycles. The fraction of sp³-hybridized carbons (Fsp3) is 0.222. The van der Waals surface area contributed by atoms with Gasteiger partial charge in [-0.05, 0) is 48.9 Å². The summed E-state index contributed by atoms with van der Waals surface area (Å²) in [5.41, 5.74) is 0.562. The maximum absolute atomic E-state index is 12.6. The Kier molecular flexibility index (Phi) is 5.45. The average Bonchev–Trinajstić information content (AvgIpc) is 2.47. The minimum atomic E-state index is -0.812. The van der Waals surface area contributed by atoms with E-state index in [1.807, 2.05) is 19.1 Å². The van der Waals surface area contributed by atoms with Crippen LogP contribution in [0.5, 0.6) is 0 Å². The van der Waals surface area contributed by atoms with Gasteiger partial charge in [0, 0.05) is 29.0 Å². The topological polar surface area (TPSA) is 46.2 Å². The third kappa shape index (κ3) is 4.57. The molecule has 2 rings (SSSR count). The number of rotatable bonds is 5. The molecule has 0 spiro atoms. The molecule has 1 unspecified atom stereocenters. The first-order chi connectivity index (χ1) is 10.8. The minimum absolute atomic E-state index is 0.0760. The number of nitrogens with one attached hydrogen (secondary N) is 1. The first-order valence-corrected chi connectivity index (χ1v) is 7.89. The smallest absolute Gasteiger partial charge is 0.217 e. The zero-order chi connectivity index (χ0) is 17.0. The van der Waals surface area contributed by atoms with Crippen molar-refractivity contribution < 1.29 is 9.59 Å². The number of halogens is 2. The van der Waals surface area contributed by atoms with Crippen LogP contribution in [-0.2, 0) is 10.3 Å². The zero-order valence-electron chi connectivity index (χ0n) is 12.9. The summed E-state index contributed by atoms with van der Waals surface area (Å²) in [6.45, 7) is 3.26. The highest BCUT2D eigenvalue weighted by Gasteiger charge is 2.30. The molecule has 5 heteroatoms. The van der Waals surface area contributed by atoms with Crippen molar-refractivity contribution in [3.05, 3.63) is 69.7 Å². The van der Waals surface area contributed by atoms with Crippen molar-refractivity contribution >= 4 is 34.9 Å². The predicted octanol–water partition coefficient (Wildman–Crippen LogP) is 4.62. The molecule has 0 fully saturated rings. The Labute approximate surface area is 145 Å². The van der Waals surface area contributed by atoms with Gasteiger partial charge in [-0.2, -0.15) is 0 Å². The van der Waals surface area contributed by atoms with E-state index in [1.165, 1.54) is 6.92 Å². The number of benzene rings is 2. The van der Waals surface area contributed by atoms with Crippen LogP contribution in [0.15, 0.2) is 48.5 Å². The van der Waals surface area contributed by atoms with Gasteiger partial charge in [0.2, 0.25) is 5.91 Å². The van der Waals surface area contributed by atoms with Crippen molar-refractivity contribution in [2.24, 2.45) is 0 Å². The molecule has 0 aromatic heterocycles. The van der Waals surface area contributed by atoms with Gasteiger partial charge in [0.15, 0.2) is 5.78 Å². The molecule has 23 heavy (non-hydrogen) atoms. The van der Waals surface area contributed by atoms with Gasteiger partial charge < -0.3 is 5.32 Å². The van der Waals surface area contributed by atoms with Crippen LogP contribution in [0.1, 0.15) is 36.2 Å². The molecule has 1 amide bonds. The monoisotopic (exact) mass is 349 g/mol. The normalized spacial score (nSPS) is 13.2. The van der Waals surface area contributed by atoms with E-state index in [4.69, 9.17) is 23.2 Å². The summed E-state index contributed by atoms with van der Waals surface area (Å²) in [4.78, 5) is 24.2. The predicted molar refractivity (Wildman–Crippen MR) is 93.0 cm³/mol. The summed E-state index contributed by atoms with van der Waals surface area (Å²) in [6.07, 6.45) is 0.135. The van der Waals surface area contributed by atoms with Gasteiger partial charge in [0.1, 0.15) is 0 Å². The van der Waals surface area contributed by atoms with Gasteiger partial charge in [0.25, 0.3) is 0 Å². The first-order valence-electron chi connectivity index (χ1n) is 7.14. The molecule has 0 saturated heterocycles. The molecule has 120 valence electrons. The lowest BCUT2D eigenvalue weighted by molar-refractivity contribution is -0.120. The lowest BCUT2D eigenvalue weighted by Gasteiger charge is -2.30. The molecule has 0 aliphatic rings. The Hall–Kier alpha value is -1.84. The molecule has 2 aromatic carbocycles. The van der Waals surface area contributed by atoms with Crippen molar-refractivity contribution in [3.8, 4) is 0 Å². The van der Waals surface area contributed by atoms with Crippen LogP contribution < -0.4 is 5.32 Å². The van der Waals surface area contributed by atoms with E-state index in [0.717, 1.165) is 5.56 Å².